The second kappa shape index (κ2) is 7.96. The summed E-state index contributed by atoms with van der Waals surface area (Å²) >= 11 is 0. The summed E-state index contributed by atoms with van der Waals surface area (Å²) < 4.78 is 5.90. The number of rotatable bonds is 5. The van der Waals surface area contributed by atoms with Gasteiger partial charge in [-0.05, 0) is 36.4 Å². The highest BCUT2D eigenvalue weighted by Gasteiger charge is 2.26. The smallest absolute Gasteiger partial charge is 0.267 e. The Morgan fingerprint density at radius 1 is 1.15 bits per heavy atom. The van der Waals surface area contributed by atoms with E-state index in [0.717, 1.165) is 32.5 Å². The van der Waals surface area contributed by atoms with Crippen LogP contribution in [0.3, 0.4) is 0 Å². The highest BCUT2D eigenvalue weighted by molar-refractivity contribution is 5.43. The molecular weight excluding hydrogens is 338 g/mol. The van der Waals surface area contributed by atoms with Gasteiger partial charge in [0.2, 0.25) is 5.89 Å². The van der Waals surface area contributed by atoms with Crippen LogP contribution >= 0.6 is 0 Å². The number of likely N-dealkylation sites (tertiary alicyclic amines) is 1. The van der Waals surface area contributed by atoms with Crippen molar-refractivity contribution < 1.29 is 4.42 Å². The lowest BCUT2D eigenvalue weighted by atomic mass is 9.97. The fraction of sp³-hybridized carbons (Fsp3) is 0.429. The van der Waals surface area contributed by atoms with Gasteiger partial charge >= 0.3 is 0 Å². The lowest BCUT2D eigenvalue weighted by Crippen LogP contribution is -2.34. The Balaban J connectivity index is 1.41. The lowest BCUT2D eigenvalue weighted by Gasteiger charge is -2.31. The van der Waals surface area contributed by atoms with Crippen molar-refractivity contribution in [1.82, 2.24) is 25.1 Å². The molecule has 6 heteroatoms. The van der Waals surface area contributed by atoms with E-state index >= 15 is 0 Å². The molecule has 0 spiro atoms. The van der Waals surface area contributed by atoms with Crippen molar-refractivity contribution >= 4 is 0 Å². The maximum Gasteiger partial charge on any atom is 0.267 e. The van der Waals surface area contributed by atoms with E-state index in [4.69, 9.17) is 4.42 Å². The van der Waals surface area contributed by atoms with Crippen LogP contribution in [0, 0.1) is 0 Å². The Bertz CT molecular complexity index is 860. The van der Waals surface area contributed by atoms with Gasteiger partial charge in [0, 0.05) is 25.5 Å². The Kier molecular flexibility index (Phi) is 5.25. The summed E-state index contributed by atoms with van der Waals surface area (Å²) in [7, 11) is 0. The van der Waals surface area contributed by atoms with Crippen molar-refractivity contribution in [3.8, 4) is 11.6 Å². The Labute approximate surface area is 159 Å². The van der Waals surface area contributed by atoms with Crippen LogP contribution in [0.2, 0.25) is 0 Å². The molecule has 2 aromatic heterocycles. The largest absolute Gasteiger partial charge is 0.419 e. The maximum absolute atomic E-state index is 5.90. The summed E-state index contributed by atoms with van der Waals surface area (Å²) in [5, 5.41) is 8.44. The van der Waals surface area contributed by atoms with Crippen LogP contribution in [0.4, 0.5) is 0 Å². The molecule has 1 aromatic carbocycles. The summed E-state index contributed by atoms with van der Waals surface area (Å²) in [5.41, 5.74) is 3.36. The number of hydrogen-bond acceptors (Lipinski definition) is 6. The average molecular weight is 363 g/mol. The molecule has 1 aliphatic heterocycles. The van der Waals surface area contributed by atoms with E-state index in [9.17, 15) is 0 Å². The zero-order valence-corrected chi connectivity index (χ0v) is 15.9. The number of hydrogen-bond donors (Lipinski definition) is 0. The molecular formula is C21H25N5O. The fourth-order valence-corrected chi connectivity index (χ4v) is 3.58. The first-order chi connectivity index (χ1) is 13.2. The van der Waals surface area contributed by atoms with Gasteiger partial charge in [-0.15, -0.1) is 10.2 Å². The van der Waals surface area contributed by atoms with Gasteiger partial charge in [-0.3, -0.25) is 9.88 Å². The van der Waals surface area contributed by atoms with E-state index in [0.29, 0.717) is 23.4 Å². The third kappa shape index (κ3) is 4.22. The van der Waals surface area contributed by atoms with E-state index in [2.05, 4.69) is 63.2 Å². The van der Waals surface area contributed by atoms with Crippen LogP contribution in [0.5, 0.6) is 0 Å². The molecule has 3 heterocycles. The minimum absolute atomic E-state index is 0.270. The van der Waals surface area contributed by atoms with Gasteiger partial charge in [-0.1, -0.05) is 38.1 Å². The molecule has 1 unspecified atom stereocenters. The quantitative estimate of drug-likeness (QED) is 0.682. The first kappa shape index (κ1) is 17.8. The molecule has 1 saturated heterocycles. The number of benzene rings is 1. The van der Waals surface area contributed by atoms with E-state index in [1.54, 1.807) is 18.6 Å². The van der Waals surface area contributed by atoms with E-state index in [1.165, 1.54) is 11.1 Å². The van der Waals surface area contributed by atoms with E-state index < -0.39 is 0 Å². The van der Waals surface area contributed by atoms with Crippen molar-refractivity contribution in [2.45, 2.75) is 45.1 Å². The molecule has 3 aromatic rings. The zero-order chi connectivity index (χ0) is 18.6. The predicted octanol–water partition coefficient (Wildman–Crippen LogP) is 4.03. The number of nitrogens with zero attached hydrogens (tertiary/aromatic N) is 5. The minimum atomic E-state index is 0.270. The topological polar surface area (TPSA) is 67.9 Å². The van der Waals surface area contributed by atoms with Crippen molar-refractivity contribution in [3.05, 3.63) is 59.9 Å². The van der Waals surface area contributed by atoms with E-state index in [-0.39, 0.29) is 5.92 Å². The van der Waals surface area contributed by atoms with Crippen LogP contribution < -0.4 is 0 Å². The second-order valence-corrected chi connectivity index (χ2v) is 7.51. The van der Waals surface area contributed by atoms with Crippen LogP contribution in [-0.4, -0.2) is 38.2 Å². The Hall–Kier alpha value is -2.60. The zero-order valence-electron chi connectivity index (χ0n) is 15.9. The van der Waals surface area contributed by atoms with Crippen molar-refractivity contribution in [2.24, 2.45) is 0 Å². The maximum atomic E-state index is 5.90. The van der Waals surface area contributed by atoms with Gasteiger partial charge in [0.05, 0.1) is 12.1 Å². The third-order valence-corrected chi connectivity index (χ3v) is 5.13. The van der Waals surface area contributed by atoms with Gasteiger partial charge in [0.1, 0.15) is 5.69 Å². The normalized spacial score (nSPS) is 18.1. The highest BCUT2D eigenvalue weighted by atomic mass is 16.4. The van der Waals surface area contributed by atoms with Crippen LogP contribution in [0.25, 0.3) is 11.6 Å². The molecule has 0 amide bonds. The van der Waals surface area contributed by atoms with E-state index in [1.807, 2.05) is 0 Å². The van der Waals surface area contributed by atoms with Gasteiger partial charge in [-0.25, -0.2) is 4.98 Å². The molecule has 140 valence electrons. The van der Waals surface area contributed by atoms with Crippen molar-refractivity contribution in [2.75, 3.05) is 13.1 Å². The summed E-state index contributed by atoms with van der Waals surface area (Å²) in [4.78, 5) is 10.8. The lowest BCUT2D eigenvalue weighted by molar-refractivity contribution is 0.186. The minimum Gasteiger partial charge on any atom is -0.419 e. The molecule has 0 bridgehead atoms. The predicted molar refractivity (Wildman–Crippen MR) is 103 cm³/mol. The fourth-order valence-electron chi connectivity index (χ4n) is 3.58. The Morgan fingerprint density at radius 3 is 2.74 bits per heavy atom. The molecule has 0 N–H and O–H groups in total. The average Bonchev–Trinajstić information content (AvgIpc) is 3.20. The molecule has 27 heavy (non-hydrogen) atoms. The second-order valence-electron chi connectivity index (χ2n) is 7.51. The van der Waals surface area contributed by atoms with Crippen molar-refractivity contribution in [3.63, 3.8) is 0 Å². The van der Waals surface area contributed by atoms with Gasteiger partial charge in [0.15, 0.2) is 0 Å². The summed E-state index contributed by atoms with van der Waals surface area (Å²) in [6.45, 7) is 7.45. The standard InChI is InChI=1S/C21H25N5O/c1-15(2)17-7-5-16(6-8-17)13-26-11-3-4-18(14-26)20-24-25-21(27-20)19-12-22-9-10-23-19/h5-10,12,15,18H,3-4,11,13-14H2,1-2H3. The third-order valence-electron chi connectivity index (χ3n) is 5.13. The highest BCUT2D eigenvalue weighted by Crippen LogP contribution is 2.28. The first-order valence-electron chi connectivity index (χ1n) is 9.60. The number of aromatic nitrogens is 4. The van der Waals surface area contributed by atoms with Gasteiger partial charge in [0.25, 0.3) is 5.89 Å². The van der Waals surface area contributed by atoms with Crippen LogP contribution in [0.15, 0.2) is 47.3 Å². The molecule has 0 aliphatic carbocycles. The molecule has 1 atom stereocenters. The molecule has 0 radical (unpaired) electrons. The van der Waals surface area contributed by atoms with Gasteiger partial charge in [-0.2, -0.15) is 0 Å². The molecule has 6 nitrogen and oxygen atoms in total. The molecule has 4 rings (SSSR count). The van der Waals surface area contributed by atoms with Gasteiger partial charge < -0.3 is 4.42 Å². The Morgan fingerprint density at radius 2 is 2.00 bits per heavy atom. The molecule has 0 saturated carbocycles. The summed E-state index contributed by atoms with van der Waals surface area (Å²) in [6, 6.07) is 8.98. The molecule has 1 aliphatic rings. The SMILES string of the molecule is CC(C)c1ccc(CN2CCCC(c3nnc(-c4cnccn4)o3)C2)cc1. The summed E-state index contributed by atoms with van der Waals surface area (Å²) in [6.07, 6.45) is 7.12. The number of piperidine rings is 1. The van der Waals surface area contributed by atoms with Crippen molar-refractivity contribution in [1.29, 1.82) is 0 Å². The van der Waals surface area contributed by atoms with Crippen LogP contribution in [0.1, 0.15) is 55.5 Å². The van der Waals surface area contributed by atoms with Crippen LogP contribution in [-0.2, 0) is 6.54 Å². The first-order valence-corrected chi connectivity index (χ1v) is 9.60. The monoisotopic (exact) mass is 363 g/mol. The molecule has 1 fully saturated rings. The summed E-state index contributed by atoms with van der Waals surface area (Å²) in [5.74, 6) is 1.99.